The van der Waals surface area contributed by atoms with Gasteiger partial charge in [0.1, 0.15) is 12.4 Å². The van der Waals surface area contributed by atoms with E-state index in [2.05, 4.69) is 55.6 Å². The number of nitrogens with zero attached hydrogens (tertiary/aromatic N) is 3. The maximum Gasteiger partial charge on any atom is 0.213 e. The van der Waals surface area contributed by atoms with Crippen LogP contribution in [0.1, 0.15) is 57.2 Å². The SMILES string of the molecule is [CH2][C@@H](C)c1ccnc(OCc2ccc(-c3cc(OC)ncc3F)c(CN(C(C)C)C(C)C)c2)c1. The lowest BCUT2D eigenvalue weighted by Gasteiger charge is -2.31. The van der Waals surface area contributed by atoms with Crippen LogP contribution in [0.4, 0.5) is 4.39 Å². The molecule has 0 N–H and O–H groups in total. The van der Waals surface area contributed by atoms with Crippen LogP contribution in [0.25, 0.3) is 11.1 Å². The van der Waals surface area contributed by atoms with Crippen molar-refractivity contribution in [3.05, 3.63) is 78.2 Å². The van der Waals surface area contributed by atoms with E-state index in [0.717, 1.165) is 22.3 Å². The molecule has 0 saturated carbocycles. The van der Waals surface area contributed by atoms with Gasteiger partial charge in [-0.15, -0.1) is 0 Å². The summed E-state index contributed by atoms with van der Waals surface area (Å²) in [5.74, 6) is 0.719. The lowest BCUT2D eigenvalue weighted by Crippen LogP contribution is -2.36. The second-order valence-electron chi connectivity index (χ2n) is 9.17. The van der Waals surface area contributed by atoms with Crippen molar-refractivity contribution < 1.29 is 13.9 Å². The summed E-state index contributed by atoms with van der Waals surface area (Å²) >= 11 is 0. The first kappa shape index (κ1) is 25.6. The van der Waals surface area contributed by atoms with Crippen LogP contribution in [0.15, 0.2) is 48.8 Å². The molecule has 1 atom stereocenters. The van der Waals surface area contributed by atoms with Gasteiger partial charge in [-0.1, -0.05) is 25.1 Å². The van der Waals surface area contributed by atoms with E-state index in [1.54, 1.807) is 12.3 Å². The Bertz CT molecular complexity index is 1090. The highest BCUT2D eigenvalue weighted by Gasteiger charge is 2.19. The first-order chi connectivity index (χ1) is 16.2. The molecular formula is C28H35FN3O2. The van der Waals surface area contributed by atoms with Crippen LogP contribution in [-0.4, -0.2) is 34.1 Å². The van der Waals surface area contributed by atoms with Crippen LogP contribution in [0.3, 0.4) is 0 Å². The van der Waals surface area contributed by atoms with Crippen molar-refractivity contribution >= 4 is 0 Å². The zero-order valence-electron chi connectivity index (χ0n) is 21.0. The molecule has 0 fully saturated rings. The molecule has 2 heterocycles. The number of rotatable bonds is 10. The van der Waals surface area contributed by atoms with E-state index in [4.69, 9.17) is 9.47 Å². The maximum absolute atomic E-state index is 14.8. The third kappa shape index (κ3) is 6.32. The van der Waals surface area contributed by atoms with Gasteiger partial charge >= 0.3 is 0 Å². The maximum atomic E-state index is 14.8. The number of benzene rings is 1. The number of methoxy groups -OCH3 is 1. The normalized spacial score (nSPS) is 11.6. The smallest absolute Gasteiger partial charge is 0.213 e. The average molecular weight is 465 g/mol. The van der Waals surface area contributed by atoms with Gasteiger partial charge in [-0.25, -0.2) is 14.4 Å². The first-order valence-corrected chi connectivity index (χ1v) is 11.7. The molecule has 0 spiro atoms. The molecule has 5 nitrogen and oxygen atoms in total. The van der Waals surface area contributed by atoms with E-state index in [0.29, 0.717) is 42.6 Å². The van der Waals surface area contributed by atoms with Crippen LogP contribution in [0, 0.1) is 12.7 Å². The van der Waals surface area contributed by atoms with E-state index in [1.165, 1.54) is 13.3 Å². The Balaban J connectivity index is 1.96. The summed E-state index contributed by atoms with van der Waals surface area (Å²) in [4.78, 5) is 10.7. The molecular weight excluding hydrogens is 429 g/mol. The minimum atomic E-state index is -0.380. The van der Waals surface area contributed by atoms with Crippen molar-refractivity contribution in [1.82, 2.24) is 14.9 Å². The van der Waals surface area contributed by atoms with Gasteiger partial charge in [0.2, 0.25) is 11.8 Å². The summed E-state index contributed by atoms with van der Waals surface area (Å²) in [5.41, 5.74) is 4.37. The topological polar surface area (TPSA) is 47.5 Å². The van der Waals surface area contributed by atoms with Crippen molar-refractivity contribution in [3.8, 4) is 22.9 Å². The van der Waals surface area contributed by atoms with E-state index >= 15 is 0 Å². The average Bonchev–Trinajstić information content (AvgIpc) is 2.81. The summed E-state index contributed by atoms with van der Waals surface area (Å²) in [6.07, 6.45) is 2.95. The van der Waals surface area contributed by atoms with Gasteiger partial charge in [-0.2, -0.15) is 0 Å². The highest BCUT2D eigenvalue weighted by Crippen LogP contribution is 2.31. The molecule has 6 heteroatoms. The molecule has 0 aliphatic rings. The summed E-state index contributed by atoms with van der Waals surface area (Å²) in [6.45, 7) is 15.8. The molecule has 2 aromatic heterocycles. The van der Waals surface area contributed by atoms with Gasteiger partial charge in [0, 0.05) is 42.5 Å². The highest BCUT2D eigenvalue weighted by molar-refractivity contribution is 5.69. The van der Waals surface area contributed by atoms with Gasteiger partial charge < -0.3 is 9.47 Å². The third-order valence-electron chi connectivity index (χ3n) is 5.89. The second-order valence-corrected chi connectivity index (χ2v) is 9.17. The minimum Gasteiger partial charge on any atom is -0.481 e. The monoisotopic (exact) mass is 464 g/mol. The number of hydrogen-bond acceptors (Lipinski definition) is 5. The third-order valence-corrected chi connectivity index (χ3v) is 5.89. The molecule has 0 aliphatic carbocycles. The van der Waals surface area contributed by atoms with Gasteiger partial charge in [0.25, 0.3) is 0 Å². The molecule has 0 aliphatic heterocycles. The van der Waals surface area contributed by atoms with Crippen LogP contribution in [-0.2, 0) is 13.2 Å². The van der Waals surface area contributed by atoms with Crippen LogP contribution in [0.2, 0.25) is 0 Å². The van der Waals surface area contributed by atoms with Crippen molar-refractivity contribution in [2.24, 2.45) is 0 Å². The zero-order chi connectivity index (χ0) is 24.8. The fourth-order valence-corrected chi connectivity index (χ4v) is 3.99. The van der Waals surface area contributed by atoms with Gasteiger partial charge in [0.05, 0.1) is 13.3 Å². The number of hydrogen-bond donors (Lipinski definition) is 0. The second kappa shape index (κ2) is 11.4. The highest BCUT2D eigenvalue weighted by atomic mass is 19.1. The fraction of sp³-hybridized carbons (Fsp3) is 0.393. The Morgan fingerprint density at radius 2 is 1.68 bits per heavy atom. The zero-order valence-corrected chi connectivity index (χ0v) is 21.0. The summed E-state index contributed by atoms with van der Waals surface area (Å²) in [6, 6.07) is 12.2. The predicted molar refractivity (Wildman–Crippen MR) is 134 cm³/mol. The molecule has 3 rings (SSSR count). The summed E-state index contributed by atoms with van der Waals surface area (Å²) < 4.78 is 26.1. The summed E-state index contributed by atoms with van der Waals surface area (Å²) in [5, 5.41) is 0. The van der Waals surface area contributed by atoms with Crippen molar-refractivity contribution in [1.29, 1.82) is 0 Å². The number of halogens is 1. The van der Waals surface area contributed by atoms with Gasteiger partial charge in [0.15, 0.2) is 0 Å². The van der Waals surface area contributed by atoms with Crippen LogP contribution in [0.5, 0.6) is 11.8 Å². The standard InChI is InChI=1S/C28H35FN3O2/c1-18(2)22-10-11-30-28(13-22)34-17-21-8-9-24(25-14-27(33-7)31-15-26(25)29)23(12-21)16-32(19(3)4)20(5)6/h8-15,18-20H,1,16-17H2,2-7H3/t18-/m0/s1. The van der Waals surface area contributed by atoms with Crippen molar-refractivity contribution in [2.75, 3.05) is 7.11 Å². The quantitative estimate of drug-likeness (QED) is 0.346. The van der Waals surface area contributed by atoms with Crippen LogP contribution >= 0.6 is 0 Å². The molecule has 34 heavy (non-hydrogen) atoms. The lowest BCUT2D eigenvalue weighted by molar-refractivity contribution is 0.166. The van der Waals surface area contributed by atoms with Crippen molar-refractivity contribution in [3.63, 3.8) is 0 Å². The number of aromatic nitrogens is 2. The Kier molecular flexibility index (Phi) is 8.61. The van der Waals surface area contributed by atoms with Crippen molar-refractivity contribution in [2.45, 2.75) is 65.8 Å². The fourth-order valence-electron chi connectivity index (χ4n) is 3.99. The van der Waals surface area contributed by atoms with Gasteiger partial charge in [-0.05, 0) is 68.9 Å². The van der Waals surface area contributed by atoms with E-state index in [-0.39, 0.29) is 11.7 Å². The molecule has 1 aromatic carbocycles. The lowest BCUT2D eigenvalue weighted by atomic mass is 9.96. The first-order valence-electron chi connectivity index (χ1n) is 11.7. The summed E-state index contributed by atoms with van der Waals surface area (Å²) in [7, 11) is 1.53. The van der Waals surface area contributed by atoms with E-state index in [1.807, 2.05) is 31.2 Å². The number of ether oxygens (including phenoxy) is 2. The molecule has 181 valence electrons. The number of pyridine rings is 2. The molecule has 1 radical (unpaired) electrons. The molecule has 0 amide bonds. The van der Waals surface area contributed by atoms with E-state index in [9.17, 15) is 4.39 Å². The molecule has 0 bridgehead atoms. The Hall–Kier alpha value is -2.99. The van der Waals surface area contributed by atoms with Crippen LogP contribution < -0.4 is 9.47 Å². The molecule has 0 unspecified atom stereocenters. The molecule has 0 saturated heterocycles. The Labute approximate surface area is 203 Å². The largest absolute Gasteiger partial charge is 0.481 e. The Morgan fingerprint density at radius 3 is 2.32 bits per heavy atom. The minimum absolute atomic E-state index is 0.154. The Morgan fingerprint density at radius 1 is 0.941 bits per heavy atom. The van der Waals surface area contributed by atoms with E-state index < -0.39 is 0 Å². The predicted octanol–water partition coefficient (Wildman–Crippen LogP) is 6.43. The van der Waals surface area contributed by atoms with Gasteiger partial charge in [-0.3, -0.25) is 4.90 Å². The molecule has 3 aromatic rings.